The normalized spacial score (nSPS) is 26.8. The topological polar surface area (TPSA) is 16.1 Å². The Balaban J connectivity index is 1.70. The number of fused-ring (bicyclic) bond motifs is 2. The van der Waals surface area contributed by atoms with Gasteiger partial charge in [-0.1, -0.05) is 12.2 Å². The monoisotopic (exact) mass is 256 g/mol. The number of allylic oxidation sites excluding steroid dienone is 2. The lowest BCUT2D eigenvalue weighted by Crippen LogP contribution is -2.19. The number of nitrogens with zero attached hydrogens (tertiary/aromatic N) is 2. The number of rotatable bonds is 1. The Morgan fingerprint density at radius 1 is 1.11 bits per heavy atom. The second-order valence-corrected chi connectivity index (χ2v) is 6.25. The summed E-state index contributed by atoms with van der Waals surface area (Å²) in [5, 5.41) is 2.14. The Morgan fingerprint density at radius 3 is 2.67 bits per heavy atom. The standard InChI is InChI=1S/C15H16N2S/c1-2-4-12-10-17(9-11(12)3-1)14-5-7-16-13-6-8-18-15(13)14/h1-2,5-8,11-12H,3-4,9-10H2. The molecule has 0 N–H and O–H groups in total. The number of aromatic nitrogens is 1. The molecule has 2 atom stereocenters. The number of hydrogen-bond acceptors (Lipinski definition) is 3. The quantitative estimate of drug-likeness (QED) is 0.723. The summed E-state index contributed by atoms with van der Waals surface area (Å²) in [6.45, 7) is 2.43. The zero-order valence-electron chi connectivity index (χ0n) is 10.2. The lowest BCUT2D eigenvalue weighted by Gasteiger charge is -2.19. The summed E-state index contributed by atoms with van der Waals surface area (Å²) in [6, 6.07) is 4.30. The molecule has 1 aliphatic heterocycles. The predicted molar refractivity (Wildman–Crippen MR) is 77.2 cm³/mol. The van der Waals surface area contributed by atoms with E-state index < -0.39 is 0 Å². The molecule has 2 unspecified atom stereocenters. The van der Waals surface area contributed by atoms with Crippen LogP contribution in [0.2, 0.25) is 0 Å². The fourth-order valence-corrected chi connectivity index (χ4v) is 4.21. The van der Waals surface area contributed by atoms with Gasteiger partial charge in [0.05, 0.1) is 15.9 Å². The molecule has 2 aromatic rings. The van der Waals surface area contributed by atoms with Gasteiger partial charge in [-0.05, 0) is 42.2 Å². The molecule has 0 radical (unpaired) electrons. The van der Waals surface area contributed by atoms with Gasteiger partial charge in [-0.15, -0.1) is 11.3 Å². The third-order valence-corrected chi connectivity index (χ3v) is 5.21. The van der Waals surface area contributed by atoms with Gasteiger partial charge in [-0.3, -0.25) is 4.98 Å². The first-order valence-electron chi connectivity index (χ1n) is 6.64. The molecule has 4 rings (SSSR count). The van der Waals surface area contributed by atoms with Crippen molar-refractivity contribution < 1.29 is 0 Å². The van der Waals surface area contributed by atoms with E-state index in [1.165, 1.54) is 36.3 Å². The molecule has 0 aromatic carbocycles. The van der Waals surface area contributed by atoms with Crippen LogP contribution in [-0.4, -0.2) is 18.1 Å². The van der Waals surface area contributed by atoms with Crippen LogP contribution in [0.5, 0.6) is 0 Å². The van der Waals surface area contributed by atoms with Crippen molar-refractivity contribution in [2.24, 2.45) is 11.8 Å². The summed E-state index contributed by atoms with van der Waals surface area (Å²) in [7, 11) is 0. The van der Waals surface area contributed by atoms with Crippen molar-refractivity contribution in [3.05, 3.63) is 35.9 Å². The Bertz CT molecular complexity index is 585. The Kier molecular flexibility index (Phi) is 2.40. The van der Waals surface area contributed by atoms with Gasteiger partial charge in [-0.25, -0.2) is 0 Å². The molecule has 0 spiro atoms. The summed E-state index contributed by atoms with van der Waals surface area (Å²) >= 11 is 1.81. The van der Waals surface area contributed by atoms with Gasteiger partial charge in [0.1, 0.15) is 0 Å². The number of hydrogen-bond donors (Lipinski definition) is 0. The maximum Gasteiger partial charge on any atom is 0.0830 e. The third-order valence-electron chi connectivity index (χ3n) is 4.28. The van der Waals surface area contributed by atoms with E-state index in [-0.39, 0.29) is 0 Å². The SMILES string of the molecule is C1=CCC2CN(c3ccnc4ccsc34)CC2C1. The number of thiophene rings is 1. The minimum atomic E-state index is 0.859. The zero-order chi connectivity index (χ0) is 11.9. The van der Waals surface area contributed by atoms with E-state index in [9.17, 15) is 0 Å². The van der Waals surface area contributed by atoms with Crippen LogP contribution < -0.4 is 4.90 Å². The highest BCUT2D eigenvalue weighted by molar-refractivity contribution is 7.17. The van der Waals surface area contributed by atoms with Crippen molar-refractivity contribution in [1.29, 1.82) is 0 Å². The number of anilines is 1. The first-order valence-corrected chi connectivity index (χ1v) is 7.52. The molecule has 0 saturated carbocycles. The zero-order valence-corrected chi connectivity index (χ0v) is 11.1. The minimum absolute atomic E-state index is 0.859. The van der Waals surface area contributed by atoms with Crippen molar-refractivity contribution in [2.45, 2.75) is 12.8 Å². The van der Waals surface area contributed by atoms with Gasteiger partial charge >= 0.3 is 0 Å². The molecule has 3 heteroatoms. The minimum Gasteiger partial charge on any atom is -0.370 e. The molecular weight excluding hydrogens is 240 g/mol. The molecule has 2 nitrogen and oxygen atoms in total. The third kappa shape index (κ3) is 1.57. The van der Waals surface area contributed by atoms with Gasteiger partial charge in [0.25, 0.3) is 0 Å². The van der Waals surface area contributed by atoms with Crippen LogP contribution in [0.3, 0.4) is 0 Å². The van der Waals surface area contributed by atoms with Crippen LogP contribution in [0.25, 0.3) is 10.2 Å². The average Bonchev–Trinajstić information content (AvgIpc) is 3.04. The van der Waals surface area contributed by atoms with Crippen molar-refractivity contribution in [1.82, 2.24) is 4.98 Å². The lowest BCUT2D eigenvalue weighted by molar-refractivity contribution is 0.411. The summed E-state index contributed by atoms with van der Waals surface area (Å²) in [6.07, 6.45) is 9.19. The average molecular weight is 256 g/mol. The molecule has 2 aliphatic rings. The van der Waals surface area contributed by atoms with E-state index in [0.29, 0.717) is 0 Å². The van der Waals surface area contributed by atoms with Crippen molar-refractivity contribution in [2.75, 3.05) is 18.0 Å². The maximum absolute atomic E-state index is 4.44. The van der Waals surface area contributed by atoms with Gasteiger partial charge in [0, 0.05) is 19.3 Å². The fourth-order valence-electron chi connectivity index (χ4n) is 3.32. The van der Waals surface area contributed by atoms with E-state index >= 15 is 0 Å². The molecule has 3 heterocycles. The largest absolute Gasteiger partial charge is 0.370 e. The van der Waals surface area contributed by atoms with Crippen LogP contribution in [0.4, 0.5) is 5.69 Å². The highest BCUT2D eigenvalue weighted by Gasteiger charge is 2.33. The van der Waals surface area contributed by atoms with Crippen LogP contribution >= 0.6 is 11.3 Å². The molecule has 0 bridgehead atoms. The molecule has 1 aliphatic carbocycles. The van der Waals surface area contributed by atoms with Gasteiger partial charge < -0.3 is 4.90 Å². The Hall–Kier alpha value is -1.35. The van der Waals surface area contributed by atoms with E-state index in [1.807, 2.05) is 17.5 Å². The summed E-state index contributed by atoms with van der Waals surface area (Å²) < 4.78 is 1.35. The predicted octanol–water partition coefficient (Wildman–Crippen LogP) is 3.70. The van der Waals surface area contributed by atoms with E-state index in [0.717, 1.165) is 17.4 Å². The highest BCUT2D eigenvalue weighted by Crippen LogP contribution is 2.38. The second kappa shape index (κ2) is 4.09. The van der Waals surface area contributed by atoms with Crippen LogP contribution in [0.15, 0.2) is 35.9 Å². The molecule has 92 valence electrons. The first-order chi connectivity index (χ1) is 8.92. The Morgan fingerprint density at radius 2 is 1.89 bits per heavy atom. The van der Waals surface area contributed by atoms with Crippen LogP contribution in [-0.2, 0) is 0 Å². The van der Waals surface area contributed by atoms with Crippen LogP contribution in [0, 0.1) is 11.8 Å². The summed E-state index contributed by atoms with van der Waals surface area (Å²) in [5.74, 6) is 1.72. The maximum atomic E-state index is 4.44. The van der Waals surface area contributed by atoms with Crippen molar-refractivity contribution in [3.8, 4) is 0 Å². The first kappa shape index (κ1) is 10.6. The Labute approximate surface area is 111 Å². The summed E-state index contributed by atoms with van der Waals surface area (Å²) in [5.41, 5.74) is 2.54. The van der Waals surface area contributed by atoms with Crippen LogP contribution in [0.1, 0.15) is 12.8 Å². The molecular formula is C15H16N2S. The van der Waals surface area contributed by atoms with E-state index in [4.69, 9.17) is 0 Å². The highest BCUT2D eigenvalue weighted by atomic mass is 32.1. The number of pyridine rings is 1. The molecule has 18 heavy (non-hydrogen) atoms. The van der Waals surface area contributed by atoms with Crippen molar-refractivity contribution in [3.63, 3.8) is 0 Å². The van der Waals surface area contributed by atoms with Gasteiger partial charge in [0.15, 0.2) is 0 Å². The smallest absolute Gasteiger partial charge is 0.0830 e. The fraction of sp³-hybridized carbons (Fsp3) is 0.400. The van der Waals surface area contributed by atoms with Gasteiger partial charge in [-0.2, -0.15) is 0 Å². The summed E-state index contributed by atoms with van der Waals surface area (Å²) in [4.78, 5) is 7.01. The lowest BCUT2D eigenvalue weighted by atomic mass is 9.86. The molecule has 2 aromatic heterocycles. The van der Waals surface area contributed by atoms with Gasteiger partial charge in [0.2, 0.25) is 0 Å². The second-order valence-electron chi connectivity index (χ2n) is 5.33. The van der Waals surface area contributed by atoms with Crippen molar-refractivity contribution >= 4 is 27.2 Å². The molecule has 1 saturated heterocycles. The van der Waals surface area contributed by atoms with E-state index in [2.05, 4.69) is 39.5 Å². The van der Waals surface area contributed by atoms with E-state index in [1.54, 1.807) is 0 Å². The molecule has 0 amide bonds. The molecule has 1 fully saturated rings.